The Labute approximate surface area is 116 Å². The Hall–Kier alpha value is -2.62. The molecule has 0 saturated carbocycles. The highest BCUT2D eigenvalue weighted by atomic mass is 16.5. The van der Waals surface area contributed by atoms with Gasteiger partial charge in [0.15, 0.2) is 0 Å². The fourth-order valence-electron chi connectivity index (χ4n) is 2.16. The molecule has 0 aliphatic heterocycles. The molecule has 0 unspecified atom stereocenters. The van der Waals surface area contributed by atoms with E-state index in [1.165, 1.54) is 0 Å². The van der Waals surface area contributed by atoms with Crippen molar-refractivity contribution in [3.05, 3.63) is 58.4 Å². The summed E-state index contributed by atoms with van der Waals surface area (Å²) in [6, 6.07) is 13.1. The molecule has 0 saturated heterocycles. The average Bonchev–Trinajstić information content (AvgIpc) is 2.46. The summed E-state index contributed by atoms with van der Waals surface area (Å²) in [5, 5.41) is 0.599. The highest BCUT2D eigenvalue weighted by molar-refractivity contribution is 5.80. The van der Waals surface area contributed by atoms with Crippen molar-refractivity contribution < 1.29 is 4.74 Å². The summed E-state index contributed by atoms with van der Waals surface area (Å²) in [6.45, 7) is 1.98. The van der Waals surface area contributed by atoms with Gasteiger partial charge < -0.3 is 9.72 Å². The predicted molar refractivity (Wildman–Crippen MR) is 79.1 cm³/mol. The van der Waals surface area contributed by atoms with Crippen molar-refractivity contribution in [2.75, 3.05) is 7.11 Å². The number of methoxy groups -OCH3 is 1. The Morgan fingerprint density at radius 1 is 1.15 bits per heavy atom. The Balaban J connectivity index is 2.23. The van der Waals surface area contributed by atoms with Crippen LogP contribution in [0, 0.1) is 6.92 Å². The minimum absolute atomic E-state index is 0.132. The number of rotatable bonds is 2. The van der Waals surface area contributed by atoms with Crippen LogP contribution in [0.5, 0.6) is 5.75 Å². The maximum absolute atomic E-state index is 12.1. The van der Waals surface area contributed by atoms with Crippen LogP contribution in [0.25, 0.3) is 22.3 Å². The highest BCUT2D eigenvalue weighted by Gasteiger charge is 2.06. The molecule has 0 radical (unpaired) electrons. The van der Waals surface area contributed by atoms with Gasteiger partial charge in [-0.1, -0.05) is 18.2 Å². The summed E-state index contributed by atoms with van der Waals surface area (Å²) in [5.74, 6) is 1.28. The molecule has 1 N–H and O–H groups in total. The molecule has 0 aliphatic carbocycles. The van der Waals surface area contributed by atoms with Gasteiger partial charge >= 0.3 is 0 Å². The van der Waals surface area contributed by atoms with E-state index in [1.807, 2.05) is 43.3 Å². The molecule has 0 atom stereocenters. The molecule has 4 heteroatoms. The van der Waals surface area contributed by atoms with E-state index >= 15 is 0 Å². The quantitative estimate of drug-likeness (QED) is 0.776. The van der Waals surface area contributed by atoms with E-state index in [1.54, 1.807) is 13.2 Å². The van der Waals surface area contributed by atoms with E-state index < -0.39 is 0 Å². The van der Waals surface area contributed by atoms with Crippen LogP contribution in [0.4, 0.5) is 0 Å². The molecule has 0 amide bonds. The number of fused-ring (bicyclic) bond motifs is 1. The van der Waals surface area contributed by atoms with Crippen molar-refractivity contribution in [2.45, 2.75) is 6.92 Å². The second-order valence-electron chi connectivity index (χ2n) is 4.67. The third-order valence-electron chi connectivity index (χ3n) is 3.21. The molecule has 100 valence electrons. The minimum Gasteiger partial charge on any atom is -0.497 e. The first-order chi connectivity index (χ1) is 9.67. The van der Waals surface area contributed by atoms with E-state index in [-0.39, 0.29) is 5.56 Å². The first-order valence-electron chi connectivity index (χ1n) is 6.32. The topological polar surface area (TPSA) is 55.0 Å². The summed E-state index contributed by atoms with van der Waals surface area (Å²) >= 11 is 0. The van der Waals surface area contributed by atoms with Crippen LogP contribution in [-0.4, -0.2) is 17.1 Å². The molecule has 4 nitrogen and oxygen atoms in total. The standard InChI is InChI=1S/C16H14N2O2/c1-10-6-7-13-14(8-10)17-15(18-16(13)19)11-4-3-5-12(9-11)20-2/h3-9H,1-2H3,(H,17,18,19). The molecule has 1 heterocycles. The fraction of sp³-hybridized carbons (Fsp3) is 0.125. The number of hydrogen-bond acceptors (Lipinski definition) is 3. The lowest BCUT2D eigenvalue weighted by Gasteiger charge is -2.05. The first kappa shape index (κ1) is 12.4. The zero-order valence-electron chi connectivity index (χ0n) is 11.3. The van der Waals surface area contributed by atoms with E-state index in [4.69, 9.17) is 4.74 Å². The average molecular weight is 266 g/mol. The summed E-state index contributed by atoms with van der Waals surface area (Å²) in [4.78, 5) is 19.5. The van der Waals surface area contributed by atoms with Crippen LogP contribution in [-0.2, 0) is 0 Å². The van der Waals surface area contributed by atoms with Gasteiger partial charge in [-0.2, -0.15) is 0 Å². The van der Waals surface area contributed by atoms with Gasteiger partial charge in [-0.15, -0.1) is 0 Å². The van der Waals surface area contributed by atoms with Gasteiger partial charge in [0.05, 0.1) is 18.0 Å². The van der Waals surface area contributed by atoms with Crippen molar-refractivity contribution >= 4 is 10.9 Å². The number of H-pyrrole nitrogens is 1. The number of ether oxygens (including phenoxy) is 1. The fourth-order valence-corrected chi connectivity index (χ4v) is 2.16. The third-order valence-corrected chi connectivity index (χ3v) is 3.21. The van der Waals surface area contributed by atoms with Crippen molar-refractivity contribution in [2.24, 2.45) is 0 Å². The molecule has 1 aromatic heterocycles. The van der Waals surface area contributed by atoms with Gasteiger partial charge in [-0.3, -0.25) is 4.79 Å². The molecule has 0 fully saturated rings. The molecule has 0 spiro atoms. The summed E-state index contributed by atoms with van der Waals surface area (Å²) in [6.07, 6.45) is 0. The summed E-state index contributed by atoms with van der Waals surface area (Å²) in [5.41, 5.74) is 2.47. The van der Waals surface area contributed by atoms with Gasteiger partial charge in [0.1, 0.15) is 11.6 Å². The van der Waals surface area contributed by atoms with E-state index in [0.29, 0.717) is 16.7 Å². The zero-order chi connectivity index (χ0) is 14.1. The number of benzene rings is 2. The van der Waals surface area contributed by atoms with E-state index in [0.717, 1.165) is 16.9 Å². The maximum Gasteiger partial charge on any atom is 0.259 e. The lowest BCUT2D eigenvalue weighted by Crippen LogP contribution is -2.09. The smallest absolute Gasteiger partial charge is 0.259 e. The molecule has 0 bridgehead atoms. The molecule has 2 aromatic carbocycles. The van der Waals surface area contributed by atoms with E-state index in [2.05, 4.69) is 9.97 Å². The van der Waals surface area contributed by atoms with Crippen molar-refractivity contribution in [1.29, 1.82) is 0 Å². The molecular formula is C16H14N2O2. The number of nitrogens with one attached hydrogen (secondary N) is 1. The SMILES string of the molecule is COc1cccc(-c2nc3cc(C)ccc3c(=O)[nH]2)c1. The summed E-state index contributed by atoms with van der Waals surface area (Å²) < 4.78 is 5.19. The maximum atomic E-state index is 12.1. The van der Waals surface area contributed by atoms with Crippen LogP contribution in [0.1, 0.15) is 5.56 Å². The summed E-state index contributed by atoms with van der Waals surface area (Å²) in [7, 11) is 1.61. The van der Waals surface area contributed by atoms with Gasteiger partial charge in [0.25, 0.3) is 5.56 Å². The number of aromatic nitrogens is 2. The van der Waals surface area contributed by atoms with Crippen molar-refractivity contribution in [3.8, 4) is 17.1 Å². The lowest BCUT2D eigenvalue weighted by atomic mass is 10.1. The Morgan fingerprint density at radius 3 is 2.80 bits per heavy atom. The van der Waals surface area contributed by atoms with Crippen LogP contribution < -0.4 is 10.3 Å². The largest absolute Gasteiger partial charge is 0.497 e. The second-order valence-corrected chi connectivity index (χ2v) is 4.67. The predicted octanol–water partition coefficient (Wildman–Crippen LogP) is 2.91. The highest BCUT2D eigenvalue weighted by Crippen LogP contribution is 2.21. The Morgan fingerprint density at radius 2 is 2.00 bits per heavy atom. The second kappa shape index (κ2) is 4.81. The Kier molecular flexibility index (Phi) is 2.99. The number of aryl methyl sites for hydroxylation is 1. The minimum atomic E-state index is -0.132. The van der Waals surface area contributed by atoms with Crippen LogP contribution >= 0.6 is 0 Å². The van der Waals surface area contributed by atoms with Crippen molar-refractivity contribution in [1.82, 2.24) is 9.97 Å². The van der Waals surface area contributed by atoms with Crippen LogP contribution in [0.2, 0.25) is 0 Å². The zero-order valence-corrected chi connectivity index (χ0v) is 11.3. The Bertz CT molecular complexity index is 837. The molecule has 0 aliphatic rings. The number of hydrogen-bond donors (Lipinski definition) is 1. The molecule has 3 aromatic rings. The number of aromatic amines is 1. The molecule has 20 heavy (non-hydrogen) atoms. The van der Waals surface area contributed by atoms with Gasteiger partial charge in [-0.05, 0) is 36.8 Å². The van der Waals surface area contributed by atoms with Crippen molar-refractivity contribution in [3.63, 3.8) is 0 Å². The van der Waals surface area contributed by atoms with E-state index in [9.17, 15) is 4.79 Å². The third kappa shape index (κ3) is 2.16. The molecule has 3 rings (SSSR count). The van der Waals surface area contributed by atoms with Gasteiger partial charge in [-0.25, -0.2) is 4.98 Å². The normalized spacial score (nSPS) is 10.7. The van der Waals surface area contributed by atoms with Crippen LogP contribution in [0.15, 0.2) is 47.3 Å². The van der Waals surface area contributed by atoms with Crippen LogP contribution in [0.3, 0.4) is 0 Å². The molecular weight excluding hydrogens is 252 g/mol. The van der Waals surface area contributed by atoms with Gasteiger partial charge in [0.2, 0.25) is 0 Å². The number of nitrogens with zero attached hydrogens (tertiary/aromatic N) is 1. The lowest BCUT2D eigenvalue weighted by molar-refractivity contribution is 0.415. The first-order valence-corrected chi connectivity index (χ1v) is 6.32. The van der Waals surface area contributed by atoms with Gasteiger partial charge in [0, 0.05) is 5.56 Å². The monoisotopic (exact) mass is 266 g/mol.